The topological polar surface area (TPSA) is 62.6 Å². The first-order valence-corrected chi connectivity index (χ1v) is 14.6. The molecule has 6 nitrogen and oxygen atoms in total. The molecule has 230 valence electrons. The fraction of sp³-hybridized carbons (Fsp3) is 0.235. The Bertz CT molecular complexity index is 2000. The second-order valence-electron chi connectivity index (χ2n) is 11.3. The second-order valence-corrected chi connectivity index (χ2v) is 11.7. The molecule has 45 heavy (non-hydrogen) atoms. The van der Waals surface area contributed by atoms with Gasteiger partial charge in [-0.05, 0) is 67.4 Å². The molecule has 1 aromatic heterocycles. The zero-order valence-corrected chi connectivity index (χ0v) is 24.9. The number of carbonyl (C=O) groups is 1. The summed E-state index contributed by atoms with van der Waals surface area (Å²) in [5, 5.41) is 0.208. The van der Waals surface area contributed by atoms with Crippen LogP contribution >= 0.6 is 11.6 Å². The Kier molecular flexibility index (Phi) is 7.09. The van der Waals surface area contributed by atoms with Crippen molar-refractivity contribution in [2.45, 2.75) is 45.1 Å². The molecule has 4 aromatic carbocycles. The van der Waals surface area contributed by atoms with Crippen LogP contribution < -0.4 is 9.47 Å². The zero-order chi connectivity index (χ0) is 31.6. The SMILES string of the molecule is CC(=O)c1ccc2nc(Cc3c(F)cc(-c4cccc5c4OC(C)(c4ccc(Cl)cc4F)O5)cc3F)n(C[C@@H]3CCO3)c2c1F. The van der Waals surface area contributed by atoms with Crippen molar-refractivity contribution in [1.82, 2.24) is 9.55 Å². The minimum absolute atomic E-state index is 0.0859. The predicted octanol–water partition coefficient (Wildman–Crippen LogP) is 8.14. The number of benzene rings is 4. The van der Waals surface area contributed by atoms with Crippen LogP contribution in [0.15, 0.2) is 60.7 Å². The first-order chi connectivity index (χ1) is 21.5. The van der Waals surface area contributed by atoms with Crippen molar-refractivity contribution in [3.63, 3.8) is 0 Å². The van der Waals surface area contributed by atoms with E-state index in [0.717, 1.165) is 12.5 Å². The molecule has 0 bridgehead atoms. The first kappa shape index (κ1) is 29.3. The number of ether oxygens (including phenoxy) is 3. The van der Waals surface area contributed by atoms with Gasteiger partial charge in [0.1, 0.15) is 28.8 Å². The van der Waals surface area contributed by atoms with Crippen molar-refractivity contribution in [1.29, 1.82) is 0 Å². The molecule has 0 radical (unpaired) electrons. The molecule has 5 aromatic rings. The Balaban J connectivity index is 1.25. The molecule has 0 amide bonds. The monoisotopic (exact) mass is 636 g/mol. The molecule has 3 heterocycles. The largest absolute Gasteiger partial charge is 0.444 e. The molecule has 2 atom stereocenters. The van der Waals surface area contributed by atoms with E-state index in [1.807, 2.05) is 0 Å². The third-order valence-corrected chi connectivity index (χ3v) is 8.51. The maximum absolute atomic E-state index is 15.8. The Hall–Kier alpha value is -4.41. The molecule has 0 N–H and O–H groups in total. The summed E-state index contributed by atoms with van der Waals surface area (Å²) in [7, 11) is 0. The van der Waals surface area contributed by atoms with E-state index in [1.165, 1.54) is 50.2 Å². The number of fused-ring (bicyclic) bond motifs is 2. The zero-order valence-electron chi connectivity index (χ0n) is 24.1. The molecule has 2 aliphatic heterocycles. The van der Waals surface area contributed by atoms with E-state index in [9.17, 15) is 9.18 Å². The number of para-hydroxylation sites is 1. The van der Waals surface area contributed by atoms with Gasteiger partial charge in [-0.2, -0.15) is 0 Å². The lowest BCUT2D eigenvalue weighted by atomic mass is 10.00. The fourth-order valence-electron chi connectivity index (χ4n) is 5.87. The quantitative estimate of drug-likeness (QED) is 0.133. The number of halogens is 5. The third kappa shape index (κ3) is 5.02. The summed E-state index contributed by atoms with van der Waals surface area (Å²) in [5.41, 5.74) is 0.595. The van der Waals surface area contributed by atoms with E-state index in [0.29, 0.717) is 12.2 Å². The van der Waals surface area contributed by atoms with Gasteiger partial charge in [0.2, 0.25) is 0 Å². The van der Waals surface area contributed by atoms with E-state index >= 15 is 13.2 Å². The van der Waals surface area contributed by atoms with E-state index < -0.39 is 34.8 Å². The molecule has 1 fully saturated rings. The first-order valence-electron chi connectivity index (χ1n) is 14.3. The minimum Gasteiger partial charge on any atom is -0.444 e. The number of aromatic nitrogens is 2. The van der Waals surface area contributed by atoms with Crippen LogP contribution in [0.3, 0.4) is 0 Å². The van der Waals surface area contributed by atoms with Crippen LogP contribution in [-0.4, -0.2) is 28.0 Å². The van der Waals surface area contributed by atoms with E-state index in [-0.39, 0.29) is 74.7 Å². The molecular weight excluding hydrogens is 612 g/mol. The molecule has 11 heteroatoms. The Labute approximate surface area is 260 Å². The van der Waals surface area contributed by atoms with Crippen molar-refractivity contribution in [3.8, 4) is 22.6 Å². The lowest BCUT2D eigenvalue weighted by Gasteiger charge is -2.27. The number of nitrogens with zero attached hydrogens (tertiary/aromatic N) is 2. The molecular formula is C34H25ClF4N2O4. The van der Waals surface area contributed by atoms with E-state index in [4.69, 9.17) is 25.8 Å². The Morgan fingerprint density at radius 2 is 1.78 bits per heavy atom. The Morgan fingerprint density at radius 1 is 1.02 bits per heavy atom. The van der Waals surface area contributed by atoms with Crippen LogP contribution in [-0.2, 0) is 23.5 Å². The number of ketones is 1. The summed E-state index contributed by atoms with van der Waals surface area (Å²) in [6.45, 7) is 3.58. The average molecular weight is 637 g/mol. The molecule has 0 saturated carbocycles. The summed E-state index contributed by atoms with van der Waals surface area (Å²) in [6, 6.07) is 14.2. The molecule has 1 saturated heterocycles. The van der Waals surface area contributed by atoms with Gasteiger partial charge in [0.05, 0.1) is 29.3 Å². The van der Waals surface area contributed by atoms with Crippen LogP contribution in [0.5, 0.6) is 11.5 Å². The molecule has 0 aliphatic carbocycles. The van der Waals surface area contributed by atoms with Crippen LogP contribution in [0.1, 0.15) is 47.6 Å². The average Bonchev–Trinajstić information content (AvgIpc) is 3.49. The number of hydrogen-bond acceptors (Lipinski definition) is 5. The van der Waals surface area contributed by atoms with Crippen molar-refractivity contribution >= 4 is 28.4 Å². The highest BCUT2D eigenvalue weighted by Gasteiger charge is 2.42. The summed E-state index contributed by atoms with van der Waals surface area (Å²) >= 11 is 5.91. The lowest BCUT2D eigenvalue weighted by Crippen LogP contribution is -2.32. The van der Waals surface area contributed by atoms with Crippen LogP contribution in [0.25, 0.3) is 22.2 Å². The van der Waals surface area contributed by atoms with Gasteiger partial charge in [-0.15, -0.1) is 0 Å². The number of hydrogen-bond donors (Lipinski definition) is 0. The van der Waals surface area contributed by atoms with Gasteiger partial charge in [-0.25, -0.2) is 22.5 Å². The van der Waals surface area contributed by atoms with Crippen LogP contribution in [0.4, 0.5) is 17.6 Å². The summed E-state index contributed by atoms with van der Waals surface area (Å²) in [4.78, 5) is 16.5. The summed E-state index contributed by atoms with van der Waals surface area (Å²) < 4.78 is 81.0. The molecule has 2 aliphatic rings. The van der Waals surface area contributed by atoms with Gasteiger partial charge < -0.3 is 18.8 Å². The van der Waals surface area contributed by atoms with Gasteiger partial charge in [-0.1, -0.05) is 23.7 Å². The van der Waals surface area contributed by atoms with Crippen LogP contribution in [0, 0.1) is 23.3 Å². The van der Waals surface area contributed by atoms with Crippen molar-refractivity contribution in [2.75, 3.05) is 6.61 Å². The van der Waals surface area contributed by atoms with Gasteiger partial charge in [0, 0.05) is 36.1 Å². The number of rotatable bonds is 7. The maximum Gasteiger partial charge on any atom is 0.278 e. The van der Waals surface area contributed by atoms with Crippen molar-refractivity contribution in [3.05, 3.63) is 111 Å². The van der Waals surface area contributed by atoms with Crippen molar-refractivity contribution in [2.24, 2.45) is 0 Å². The van der Waals surface area contributed by atoms with Gasteiger partial charge in [0.15, 0.2) is 23.1 Å². The number of Topliss-reactive ketones (excluding diaryl/α,β-unsaturated/α-hetero) is 1. The highest BCUT2D eigenvalue weighted by Crippen LogP contribution is 2.50. The highest BCUT2D eigenvalue weighted by molar-refractivity contribution is 6.30. The maximum atomic E-state index is 15.8. The molecule has 7 rings (SSSR count). The van der Waals surface area contributed by atoms with Gasteiger partial charge in [0.25, 0.3) is 5.79 Å². The Morgan fingerprint density at radius 3 is 2.44 bits per heavy atom. The molecule has 1 unspecified atom stereocenters. The lowest BCUT2D eigenvalue weighted by molar-refractivity contribution is -0.0705. The summed E-state index contributed by atoms with van der Waals surface area (Å²) in [6.07, 6.45) is 0.240. The van der Waals surface area contributed by atoms with Crippen molar-refractivity contribution < 1.29 is 36.6 Å². The summed E-state index contributed by atoms with van der Waals surface area (Å²) in [5.74, 6) is -4.38. The third-order valence-electron chi connectivity index (χ3n) is 8.27. The minimum atomic E-state index is -1.55. The van der Waals surface area contributed by atoms with E-state index in [1.54, 1.807) is 22.8 Å². The second kappa shape index (κ2) is 10.9. The van der Waals surface area contributed by atoms with Gasteiger partial charge in [-0.3, -0.25) is 4.79 Å². The smallest absolute Gasteiger partial charge is 0.278 e. The normalized spacial score (nSPS) is 18.8. The van der Waals surface area contributed by atoms with Crippen LogP contribution in [0.2, 0.25) is 5.02 Å². The number of carbonyl (C=O) groups excluding carboxylic acids is 1. The fourth-order valence-corrected chi connectivity index (χ4v) is 6.03. The standard InChI is InChI=1S/C34H25ClF4N2O4/c1-17(42)21-7-9-28-32(31(21)39)41(16-20-10-11-43-20)30(40-28)15-23-25(36)12-18(13-26(23)37)22-4-3-5-29-33(22)45-34(2,44-29)24-8-6-19(35)14-27(24)38/h3-9,12-14,20H,10-11,15-16H2,1-2H3/t20-,34?/m0/s1. The predicted molar refractivity (Wildman–Crippen MR) is 159 cm³/mol. The van der Waals surface area contributed by atoms with Gasteiger partial charge >= 0.3 is 0 Å². The highest BCUT2D eigenvalue weighted by atomic mass is 35.5. The van der Waals surface area contributed by atoms with E-state index in [2.05, 4.69) is 4.98 Å². The number of imidazole rings is 1. The molecule has 0 spiro atoms.